The molecule has 134 valence electrons. The van der Waals surface area contributed by atoms with Crippen LogP contribution < -0.4 is 9.62 Å². The van der Waals surface area contributed by atoms with E-state index in [4.69, 9.17) is 4.52 Å². The van der Waals surface area contributed by atoms with E-state index in [1.54, 1.807) is 17.0 Å². The summed E-state index contributed by atoms with van der Waals surface area (Å²) in [6.07, 6.45) is 1.22. The molecule has 1 atom stereocenters. The number of carbonyl (C=O) groups excluding carboxylic acids is 1. The smallest absolute Gasteiger partial charge is 0.240 e. The van der Waals surface area contributed by atoms with Gasteiger partial charge in [0, 0.05) is 25.1 Å². The van der Waals surface area contributed by atoms with Gasteiger partial charge in [-0.3, -0.25) is 4.79 Å². The van der Waals surface area contributed by atoms with Crippen molar-refractivity contribution in [2.75, 3.05) is 4.90 Å². The molecule has 0 spiro atoms. The molecule has 0 bridgehead atoms. The number of benzene rings is 1. The number of rotatable bonds is 5. The number of hydrogen-bond donors (Lipinski definition) is 1. The molecule has 9 heteroatoms. The summed E-state index contributed by atoms with van der Waals surface area (Å²) in [4.78, 5) is 17.7. The fourth-order valence-corrected chi connectivity index (χ4v) is 4.03. The van der Waals surface area contributed by atoms with Gasteiger partial charge in [-0.25, -0.2) is 13.1 Å². The van der Waals surface area contributed by atoms with Gasteiger partial charge >= 0.3 is 0 Å². The van der Waals surface area contributed by atoms with Gasteiger partial charge in [-0.15, -0.1) is 0 Å². The topological polar surface area (TPSA) is 105 Å². The maximum absolute atomic E-state index is 12.5. The Balaban J connectivity index is 1.79. The Morgan fingerprint density at radius 1 is 1.44 bits per heavy atom. The molecule has 0 aliphatic carbocycles. The summed E-state index contributed by atoms with van der Waals surface area (Å²) in [7, 11) is -3.71. The largest absolute Gasteiger partial charge is 0.339 e. The SMILES string of the molecule is CCc1nc(CNS(=O)(=O)c2ccc3c(c2)CC(C)N3C(C)=O)no1. The molecular weight excluding hydrogens is 344 g/mol. The molecule has 2 heterocycles. The number of aromatic nitrogens is 2. The molecule has 1 aromatic heterocycles. The fourth-order valence-electron chi connectivity index (χ4n) is 3.00. The van der Waals surface area contributed by atoms with Crippen molar-refractivity contribution in [3.63, 3.8) is 0 Å². The van der Waals surface area contributed by atoms with Gasteiger partial charge in [0.25, 0.3) is 0 Å². The normalized spacial score (nSPS) is 16.9. The molecule has 0 fully saturated rings. The Labute approximate surface area is 146 Å². The fraction of sp³-hybridized carbons (Fsp3) is 0.438. The van der Waals surface area contributed by atoms with Crippen LogP contribution in [0.1, 0.15) is 38.0 Å². The molecule has 0 saturated carbocycles. The van der Waals surface area contributed by atoms with Gasteiger partial charge in [0.2, 0.25) is 21.8 Å². The van der Waals surface area contributed by atoms with E-state index in [9.17, 15) is 13.2 Å². The Morgan fingerprint density at radius 2 is 2.20 bits per heavy atom. The summed E-state index contributed by atoms with van der Waals surface area (Å²) < 4.78 is 32.4. The van der Waals surface area contributed by atoms with Gasteiger partial charge in [-0.2, -0.15) is 4.98 Å². The van der Waals surface area contributed by atoms with Crippen molar-refractivity contribution in [3.05, 3.63) is 35.5 Å². The monoisotopic (exact) mass is 364 g/mol. The van der Waals surface area contributed by atoms with Gasteiger partial charge in [-0.05, 0) is 37.1 Å². The zero-order valence-corrected chi connectivity index (χ0v) is 15.1. The summed E-state index contributed by atoms with van der Waals surface area (Å²) in [5, 5.41) is 3.72. The van der Waals surface area contributed by atoms with Gasteiger partial charge in [0.1, 0.15) is 0 Å². The van der Waals surface area contributed by atoms with Crippen molar-refractivity contribution >= 4 is 21.6 Å². The average molecular weight is 364 g/mol. The van der Waals surface area contributed by atoms with Crippen LogP contribution in [0.5, 0.6) is 0 Å². The highest BCUT2D eigenvalue weighted by Gasteiger charge is 2.30. The second kappa shape index (κ2) is 6.57. The number of carbonyl (C=O) groups is 1. The zero-order chi connectivity index (χ0) is 18.2. The van der Waals surface area contributed by atoms with Crippen LogP contribution in [0.15, 0.2) is 27.6 Å². The summed E-state index contributed by atoms with van der Waals surface area (Å²) >= 11 is 0. The van der Waals surface area contributed by atoms with E-state index < -0.39 is 10.0 Å². The number of hydrogen-bond acceptors (Lipinski definition) is 6. The van der Waals surface area contributed by atoms with Crippen LogP contribution in [0.2, 0.25) is 0 Å². The van der Waals surface area contributed by atoms with Gasteiger partial charge < -0.3 is 9.42 Å². The molecule has 3 rings (SSSR count). The van der Waals surface area contributed by atoms with Gasteiger partial charge in [-0.1, -0.05) is 12.1 Å². The van der Waals surface area contributed by atoms with Crippen molar-refractivity contribution in [2.24, 2.45) is 0 Å². The van der Waals surface area contributed by atoms with Crippen LogP contribution >= 0.6 is 0 Å². The van der Waals surface area contributed by atoms with Crippen LogP contribution in [0.4, 0.5) is 5.69 Å². The number of anilines is 1. The van der Waals surface area contributed by atoms with E-state index in [2.05, 4.69) is 14.9 Å². The predicted octanol–water partition coefficient (Wildman–Crippen LogP) is 1.41. The Kier molecular flexibility index (Phi) is 4.61. The van der Waals surface area contributed by atoms with E-state index >= 15 is 0 Å². The van der Waals surface area contributed by atoms with Crippen molar-refractivity contribution in [1.29, 1.82) is 0 Å². The molecular formula is C16H20N4O4S. The Bertz CT molecular complexity index is 907. The van der Waals surface area contributed by atoms with E-state index in [1.807, 2.05) is 13.8 Å². The molecule has 8 nitrogen and oxygen atoms in total. The molecule has 1 aliphatic rings. The summed E-state index contributed by atoms with van der Waals surface area (Å²) in [5.41, 5.74) is 1.61. The quantitative estimate of drug-likeness (QED) is 0.860. The predicted molar refractivity (Wildman–Crippen MR) is 90.5 cm³/mol. The van der Waals surface area contributed by atoms with Crippen LogP contribution in [-0.4, -0.2) is 30.5 Å². The maximum atomic E-state index is 12.5. The number of nitrogens with zero attached hydrogens (tertiary/aromatic N) is 3. The Morgan fingerprint density at radius 3 is 2.84 bits per heavy atom. The highest BCUT2D eigenvalue weighted by molar-refractivity contribution is 7.89. The minimum Gasteiger partial charge on any atom is -0.339 e. The third-order valence-corrected chi connectivity index (χ3v) is 5.55. The lowest BCUT2D eigenvalue weighted by Crippen LogP contribution is -2.33. The summed E-state index contributed by atoms with van der Waals surface area (Å²) in [5.74, 6) is 0.701. The molecule has 1 aromatic carbocycles. The minimum absolute atomic E-state index is 0.0187. The van der Waals surface area contributed by atoms with E-state index in [-0.39, 0.29) is 29.2 Å². The first kappa shape index (κ1) is 17.6. The first-order valence-corrected chi connectivity index (χ1v) is 9.54. The molecule has 1 N–H and O–H groups in total. The lowest BCUT2D eigenvalue weighted by Gasteiger charge is -2.20. The van der Waals surface area contributed by atoms with Crippen molar-refractivity contribution in [3.8, 4) is 0 Å². The number of aryl methyl sites for hydroxylation is 1. The highest BCUT2D eigenvalue weighted by atomic mass is 32.2. The van der Waals surface area contributed by atoms with Crippen molar-refractivity contribution in [2.45, 2.75) is 51.1 Å². The van der Waals surface area contributed by atoms with Crippen molar-refractivity contribution in [1.82, 2.24) is 14.9 Å². The maximum Gasteiger partial charge on any atom is 0.240 e. The third kappa shape index (κ3) is 3.42. The highest BCUT2D eigenvalue weighted by Crippen LogP contribution is 2.33. The molecule has 1 unspecified atom stereocenters. The first-order valence-electron chi connectivity index (χ1n) is 8.05. The van der Waals surface area contributed by atoms with E-state index in [0.717, 1.165) is 11.3 Å². The number of amides is 1. The number of nitrogens with one attached hydrogen (secondary N) is 1. The van der Waals surface area contributed by atoms with Crippen LogP contribution in [0.3, 0.4) is 0 Å². The van der Waals surface area contributed by atoms with Crippen LogP contribution in [-0.2, 0) is 34.2 Å². The lowest BCUT2D eigenvalue weighted by atomic mass is 10.1. The zero-order valence-electron chi connectivity index (χ0n) is 14.3. The third-order valence-electron chi connectivity index (χ3n) is 4.15. The summed E-state index contributed by atoms with van der Waals surface area (Å²) in [6, 6.07) is 4.82. The van der Waals surface area contributed by atoms with Crippen LogP contribution in [0.25, 0.3) is 0 Å². The molecule has 0 radical (unpaired) electrons. The standard InChI is InChI=1S/C16H20N4O4S/c1-4-16-18-15(19-24-16)9-17-25(22,23)13-5-6-14-12(8-13)7-10(2)20(14)11(3)21/h5-6,8,10,17H,4,7,9H2,1-3H3. The van der Waals surface area contributed by atoms with Crippen molar-refractivity contribution < 1.29 is 17.7 Å². The van der Waals surface area contributed by atoms with Gasteiger partial charge in [0.05, 0.1) is 11.4 Å². The molecule has 2 aromatic rings. The molecule has 0 saturated heterocycles. The Hall–Kier alpha value is -2.26. The second-order valence-electron chi connectivity index (χ2n) is 6.02. The van der Waals surface area contributed by atoms with Gasteiger partial charge in [0.15, 0.2) is 5.82 Å². The molecule has 1 aliphatic heterocycles. The minimum atomic E-state index is -3.71. The molecule has 1 amide bonds. The average Bonchev–Trinajstić information content (AvgIpc) is 3.15. The lowest BCUT2D eigenvalue weighted by molar-refractivity contribution is -0.116. The van der Waals surface area contributed by atoms with E-state index in [1.165, 1.54) is 13.0 Å². The number of sulfonamides is 1. The number of fused-ring (bicyclic) bond motifs is 1. The summed E-state index contributed by atoms with van der Waals surface area (Å²) in [6.45, 7) is 5.28. The second-order valence-corrected chi connectivity index (χ2v) is 7.78. The van der Waals surface area contributed by atoms with Crippen LogP contribution in [0, 0.1) is 0 Å². The molecule has 25 heavy (non-hydrogen) atoms. The first-order chi connectivity index (χ1) is 11.8. The van der Waals surface area contributed by atoms with E-state index in [0.29, 0.717) is 18.7 Å².